The van der Waals surface area contributed by atoms with Gasteiger partial charge in [0.1, 0.15) is 0 Å². The molecule has 0 aliphatic carbocycles. The Morgan fingerprint density at radius 1 is 1.22 bits per heavy atom. The molecule has 0 aromatic heterocycles. The molecule has 0 unspecified atom stereocenters. The number of hydrogen-bond donors (Lipinski definition) is 0. The van der Waals surface area contributed by atoms with Crippen LogP contribution in [0, 0.1) is 0 Å². The Kier molecular flexibility index (Phi) is 2.68. The summed E-state index contributed by atoms with van der Waals surface area (Å²) in [4.78, 5) is 0. The van der Waals surface area contributed by atoms with Gasteiger partial charge in [-0.3, -0.25) is 0 Å². The minimum atomic E-state index is 0.938. The van der Waals surface area contributed by atoms with E-state index >= 15 is 0 Å². The molecule has 0 amide bonds. The molecule has 1 aromatic rings. The molecule has 44 valence electrons. The van der Waals surface area contributed by atoms with E-state index in [2.05, 4.69) is 12.1 Å². The maximum atomic E-state index is 4.98. The molecule has 0 spiro atoms. The first kappa shape index (κ1) is 7.23. The van der Waals surface area contributed by atoms with Crippen LogP contribution in [0.2, 0.25) is 0 Å². The van der Waals surface area contributed by atoms with Crippen molar-refractivity contribution in [2.75, 3.05) is 7.11 Å². The molecule has 0 fully saturated rings. The molecular weight excluding hydrogens is 189 g/mol. The Morgan fingerprint density at radius 2 is 1.78 bits per heavy atom. The molecule has 0 bridgehead atoms. The number of ether oxygens (including phenoxy) is 1. The number of methoxy groups -OCH3 is 1. The van der Waals surface area contributed by atoms with E-state index in [1.54, 1.807) is 7.11 Å². The second-order valence-electron chi connectivity index (χ2n) is 1.77. The summed E-state index contributed by atoms with van der Waals surface area (Å²) in [6, 6.07) is 8.14. The quantitative estimate of drug-likeness (QED) is 0.647. The van der Waals surface area contributed by atoms with E-state index in [0.717, 1.165) is 5.75 Å². The van der Waals surface area contributed by atoms with Crippen molar-refractivity contribution in [1.82, 2.24) is 0 Å². The molecule has 2 heteroatoms. The summed E-state index contributed by atoms with van der Waals surface area (Å²) < 4.78 is 6.37. The Morgan fingerprint density at radius 3 is 2.22 bits per heavy atom. The van der Waals surface area contributed by atoms with Crippen molar-refractivity contribution in [2.24, 2.45) is 0 Å². The molecule has 9 heavy (non-hydrogen) atoms. The summed E-state index contributed by atoms with van der Waals surface area (Å²) in [5.41, 5.74) is 0. The normalized spacial score (nSPS) is 8.89. The molecule has 0 aliphatic heterocycles. The van der Waals surface area contributed by atoms with Crippen molar-refractivity contribution in [3.63, 3.8) is 0 Å². The Hall–Kier alpha value is 0.124. The van der Waals surface area contributed by atoms with E-state index in [0.29, 0.717) is 0 Å². The van der Waals surface area contributed by atoms with Gasteiger partial charge in [-0.05, 0) is 0 Å². The molecule has 0 radical (unpaired) electrons. The van der Waals surface area contributed by atoms with Crippen molar-refractivity contribution in [2.45, 2.75) is 0 Å². The van der Waals surface area contributed by atoms with Crippen molar-refractivity contribution in [3.8, 4) is 5.75 Å². The predicted molar refractivity (Wildman–Crippen MR) is 32.6 cm³/mol. The zero-order chi connectivity index (χ0) is 6.69. The van der Waals surface area contributed by atoms with Crippen LogP contribution in [0.3, 0.4) is 0 Å². The van der Waals surface area contributed by atoms with Gasteiger partial charge in [-0.2, -0.15) is 0 Å². The van der Waals surface area contributed by atoms with Gasteiger partial charge >= 0.3 is 75.2 Å². The Labute approximate surface area is 74.8 Å². The van der Waals surface area contributed by atoms with E-state index in [4.69, 9.17) is 4.74 Å². The van der Waals surface area contributed by atoms with Gasteiger partial charge in [-0.1, -0.05) is 0 Å². The van der Waals surface area contributed by atoms with E-state index in [1.165, 1.54) is 33.3 Å². The van der Waals surface area contributed by atoms with Gasteiger partial charge in [0.15, 0.2) is 0 Å². The second-order valence-corrected chi connectivity index (χ2v) is 3.41. The molecule has 0 aliphatic rings. The molecule has 0 saturated heterocycles. The molecule has 0 saturated carbocycles. The van der Waals surface area contributed by atoms with E-state index in [9.17, 15) is 0 Å². The molecule has 0 N–H and O–H groups in total. The van der Waals surface area contributed by atoms with E-state index in [-0.39, 0.29) is 0 Å². The van der Waals surface area contributed by atoms with Crippen LogP contribution in [0.15, 0.2) is 24.3 Å². The first-order valence-corrected chi connectivity index (χ1v) is 4.14. The van der Waals surface area contributed by atoms with Crippen molar-refractivity contribution in [1.29, 1.82) is 0 Å². The van der Waals surface area contributed by atoms with Crippen LogP contribution in [0.25, 0.3) is 0 Å². The summed E-state index contributed by atoms with van der Waals surface area (Å²) in [6.45, 7) is 0. The minimum absolute atomic E-state index is 0.938. The summed E-state index contributed by atoms with van der Waals surface area (Å²) in [7, 11) is 1.68. The predicted octanol–water partition coefficient (Wildman–Crippen LogP) is 0.867. The Bertz CT molecular complexity index is 181. The summed E-state index contributed by atoms with van der Waals surface area (Å²) in [6.07, 6.45) is 0. The zero-order valence-electron chi connectivity index (χ0n) is 5.29. The summed E-state index contributed by atoms with van der Waals surface area (Å²) >= 11 is 1.18. The van der Waals surface area contributed by atoms with Crippen molar-refractivity contribution in [3.05, 3.63) is 24.3 Å². The van der Waals surface area contributed by atoms with Gasteiger partial charge in [-0.25, -0.2) is 0 Å². The third kappa shape index (κ3) is 2.07. The van der Waals surface area contributed by atoms with Crippen LogP contribution in [-0.2, 0) is 31.0 Å². The van der Waals surface area contributed by atoms with Gasteiger partial charge in [0.25, 0.3) is 0 Å². The van der Waals surface area contributed by atoms with Gasteiger partial charge in [0.05, 0.1) is 0 Å². The van der Waals surface area contributed by atoms with Crippen molar-refractivity contribution >= 4 is 2.37 Å². The molecular formula is C7H7OY. The van der Waals surface area contributed by atoms with Crippen LogP contribution in [0.4, 0.5) is 0 Å². The van der Waals surface area contributed by atoms with Crippen molar-refractivity contribution < 1.29 is 35.7 Å². The first-order chi connectivity index (χ1) is 4.33. The second kappa shape index (κ2) is 3.33. The van der Waals surface area contributed by atoms with Gasteiger partial charge in [-0.15, -0.1) is 0 Å². The van der Waals surface area contributed by atoms with Crippen LogP contribution < -0.4 is 7.11 Å². The average molecular weight is 196 g/mol. The molecule has 0 heterocycles. The van der Waals surface area contributed by atoms with Crippen LogP contribution >= 0.6 is 0 Å². The Balaban J connectivity index is 2.88. The average Bonchev–Trinajstić information content (AvgIpc) is 1.90. The summed E-state index contributed by atoms with van der Waals surface area (Å²) in [5, 5.41) is 0. The molecule has 1 rings (SSSR count). The monoisotopic (exact) mass is 196 g/mol. The zero-order valence-corrected chi connectivity index (χ0v) is 8.13. The third-order valence-electron chi connectivity index (χ3n) is 1.12. The van der Waals surface area contributed by atoms with E-state index < -0.39 is 0 Å². The first-order valence-electron chi connectivity index (χ1n) is 2.72. The van der Waals surface area contributed by atoms with Gasteiger partial charge < -0.3 is 0 Å². The van der Waals surface area contributed by atoms with Gasteiger partial charge in [0, 0.05) is 0 Å². The van der Waals surface area contributed by atoms with Gasteiger partial charge in [0.2, 0.25) is 0 Å². The maximum absolute atomic E-state index is 4.98. The van der Waals surface area contributed by atoms with Crippen LogP contribution in [0.1, 0.15) is 0 Å². The molecule has 1 aromatic carbocycles. The molecule has 0 atom stereocenters. The number of rotatable bonds is 1. The third-order valence-corrected chi connectivity index (χ3v) is 2.06. The standard InChI is InChI=1S/C7H7O.Y/c1-8-7-5-3-2-4-6-7;/h3-6H,1H3;. The summed E-state index contributed by atoms with van der Waals surface area (Å²) in [5.74, 6) is 0.938. The number of hydrogen-bond acceptors (Lipinski definition) is 1. The SMILES string of the molecule is COc1cc[c]([Y])cc1. The van der Waals surface area contributed by atoms with E-state index in [1.807, 2.05) is 12.1 Å². The van der Waals surface area contributed by atoms with Crippen LogP contribution in [0.5, 0.6) is 5.75 Å². The fourth-order valence-electron chi connectivity index (χ4n) is 0.604. The molecule has 1 nitrogen and oxygen atoms in total. The van der Waals surface area contributed by atoms with Crippen LogP contribution in [-0.4, -0.2) is 7.11 Å². The fourth-order valence-corrected chi connectivity index (χ4v) is 1.08. The fraction of sp³-hybridized carbons (Fsp3) is 0.143. The topological polar surface area (TPSA) is 9.23 Å². The number of benzene rings is 1.